The second-order valence-corrected chi connectivity index (χ2v) is 3.33. The van der Waals surface area contributed by atoms with Gasteiger partial charge in [0, 0.05) is 12.6 Å². The number of nitrogens with zero attached hydrogens (tertiary/aromatic N) is 3. The summed E-state index contributed by atoms with van der Waals surface area (Å²) >= 11 is 0. The van der Waals surface area contributed by atoms with Gasteiger partial charge in [0.05, 0.1) is 11.5 Å². The summed E-state index contributed by atoms with van der Waals surface area (Å²) in [5.41, 5.74) is -0.239. The molecule has 9 nitrogen and oxygen atoms in total. The van der Waals surface area contributed by atoms with Crippen molar-refractivity contribution >= 4 is 17.5 Å². The van der Waals surface area contributed by atoms with Crippen LogP contribution in [0.3, 0.4) is 0 Å². The molecule has 0 bridgehead atoms. The van der Waals surface area contributed by atoms with Crippen LogP contribution < -0.4 is 5.32 Å². The third-order valence-electron chi connectivity index (χ3n) is 1.97. The summed E-state index contributed by atoms with van der Waals surface area (Å²) in [7, 11) is 0. The Balaban J connectivity index is 2.57. The minimum absolute atomic E-state index is 0.0347. The molecule has 1 rings (SSSR count). The maximum atomic E-state index is 10.5. The highest BCUT2D eigenvalue weighted by Crippen LogP contribution is 2.17. The van der Waals surface area contributed by atoms with Crippen molar-refractivity contribution in [1.29, 1.82) is 5.26 Å². The van der Waals surface area contributed by atoms with Crippen LogP contribution in [-0.2, 0) is 9.53 Å². The Morgan fingerprint density at radius 3 is 3.00 bits per heavy atom. The lowest BCUT2D eigenvalue weighted by molar-refractivity contribution is -0.385. The van der Waals surface area contributed by atoms with Crippen molar-refractivity contribution < 1.29 is 19.6 Å². The van der Waals surface area contributed by atoms with Crippen molar-refractivity contribution in [2.75, 3.05) is 25.1 Å². The topological polar surface area (TPSA) is 138 Å². The molecule has 0 aliphatic rings. The first kappa shape index (κ1) is 14.3. The monoisotopic (exact) mass is 266 g/mol. The summed E-state index contributed by atoms with van der Waals surface area (Å²) in [5.74, 6) is -0.891. The largest absolute Gasteiger partial charge is 0.480 e. The van der Waals surface area contributed by atoms with Gasteiger partial charge in [0.1, 0.15) is 30.3 Å². The summed E-state index contributed by atoms with van der Waals surface area (Å²) < 4.78 is 4.77. The second-order valence-electron chi connectivity index (χ2n) is 3.33. The van der Waals surface area contributed by atoms with Crippen LogP contribution in [0.5, 0.6) is 0 Å². The number of nitrogens with one attached hydrogen (secondary N) is 1. The normalized spacial score (nSPS) is 9.63. The van der Waals surface area contributed by atoms with E-state index in [4.69, 9.17) is 15.1 Å². The first-order valence-electron chi connectivity index (χ1n) is 5.12. The molecule has 2 N–H and O–H groups in total. The molecule has 0 radical (unpaired) electrons. The van der Waals surface area contributed by atoms with Gasteiger partial charge in [-0.05, 0) is 0 Å². The highest BCUT2D eigenvalue weighted by molar-refractivity contribution is 5.68. The third-order valence-corrected chi connectivity index (χ3v) is 1.97. The van der Waals surface area contributed by atoms with Crippen LogP contribution in [0.25, 0.3) is 0 Å². The van der Waals surface area contributed by atoms with Gasteiger partial charge in [-0.25, -0.2) is 9.78 Å². The van der Waals surface area contributed by atoms with Crippen molar-refractivity contribution in [2.45, 2.75) is 0 Å². The summed E-state index contributed by atoms with van der Waals surface area (Å²) in [6, 6.07) is 2.89. The van der Waals surface area contributed by atoms with Crippen molar-refractivity contribution in [3.05, 3.63) is 27.9 Å². The zero-order valence-electron chi connectivity index (χ0n) is 9.70. The van der Waals surface area contributed by atoms with Crippen LogP contribution in [0.2, 0.25) is 0 Å². The molecule has 100 valence electrons. The van der Waals surface area contributed by atoms with Gasteiger partial charge in [-0.15, -0.1) is 0 Å². The molecule has 0 aromatic carbocycles. The fourth-order valence-corrected chi connectivity index (χ4v) is 1.18. The van der Waals surface area contributed by atoms with Crippen molar-refractivity contribution in [3.63, 3.8) is 0 Å². The number of anilines is 1. The molecular weight excluding hydrogens is 256 g/mol. The number of hydrogen-bond donors (Lipinski definition) is 2. The number of pyridine rings is 1. The number of carboxylic acids is 1. The molecule has 0 aliphatic heterocycles. The van der Waals surface area contributed by atoms with Gasteiger partial charge in [0.2, 0.25) is 0 Å². The lowest BCUT2D eigenvalue weighted by Gasteiger charge is -2.06. The number of nitriles is 1. The van der Waals surface area contributed by atoms with Gasteiger partial charge in [0.25, 0.3) is 5.69 Å². The Bertz CT molecular complexity index is 525. The first-order chi connectivity index (χ1) is 9.04. The summed E-state index contributed by atoms with van der Waals surface area (Å²) in [6.45, 7) is -0.0803. The number of nitro groups is 1. The number of aromatic nitrogens is 1. The van der Waals surface area contributed by atoms with Gasteiger partial charge in [-0.1, -0.05) is 0 Å². The van der Waals surface area contributed by atoms with Crippen LogP contribution in [0.1, 0.15) is 5.56 Å². The van der Waals surface area contributed by atoms with Crippen molar-refractivity contribution in [2.24, 2.45) is 0 Å². The van der Waals surface area contributed by atoms with Crippen molar-refractivity contribution in [1.82, 2.24) is 4.98 Å². The Labute approximate surface area is 107 Å². The molecule has 1 aromatic rings. The molecule has 9 heteroatoms. The van der Waals surface area contributed by atoms with E-state index in [-0.39, 0.29) is 30.2 Å². The molecular formula is C10H10N4O5. The van der Waals surface area contributed by atoms with Crippen LogP contribution in [0.4, 0.5) is 11.5 Å². The minimum Gasteiger partial charge on any atom is -0.480 e. The van der Waals surface area contributed by atoms with E-state index in [1.807, 2.05) is 0 Å². The fourth-order valence-electron chi connectivity index (χ4n) is 1.18. The number of rotatable bonds is 7. The van der Waals surface area contributed by atoms with Gasteiger partial charge in [-0.3, -0.25) is 10.1 Å². The average Bonchev–Trinajstić information content (AvgIpc) is 2.37. The Morgan fingerprint density at radius 2 is 2.42 bits per heavy atom. The molecule has 0 spiro atoms. The van der Waals surface area contributed by atoms with Gasteiger partial charge in [0.15, 0.2) is 0 Å². The average molecular weight is 266 g/mol. The Kier molecular flexibility index (Phi) is 5.18. The SMILES string of the molecule is N#Cc1cc([N+](=O)[O-])cnc1NCCOCC(=O)O. The number of carboxylic acid groups (broad SMARTS) is 1. The van der Waals surface area contributed by atoms with E-state index in [0.29, 0.717) is 0 Å². The molecule has 1 heterocycles. The number of carbonyl (C=O) groups is 1. The van der Waals surface area contributed by atoms with E-state index >= 15 is 0 Å². The summed E-state index contributed by atoms with van der Waals surface area (Å²) in [6.07, 6.45) is 1.03. The Hall–Kier alpha value is -2.73. The number of ether oxygens (including phenoxy) is 1. The fraction of sp³-hybridized carbons (Fsp3) is 0.300. The molecule has 0 amide bonds. The van der Waals surface area contributed by atoms with E-state index in [0.717, 1.165) is 12.3 Å². The molecule has 0 saturated carbocycles. The predicted octanol–water partition coefficient (Wildman–Crippen LogP) is 0.375. The van der Waals surface area contributed by atoms with E-state index in [9.17, 15) is 14.9 Å². The smallest absolute Gasteiger partial charge is 0.329 e. The quantitative estimate of drug-likeness (QED) is 0.410. The van der Waals surface area contributed by atoms with E-state index in [2.05, 4.69) is 10.3 Å². The second kappa shape index (κ2) is 6.87. The zero-order valence-corrected chi connectivity index (χ0v) is 9.70. The number of aliphatic carboxylic acids is 1. The summed E-state index contributed by atoms with van der Waals surface area (Å²) in [4.78, 5) is 23.8. The molecule has 0 atom stereocenters. The van der Waals surface area contributed by atoms with E-state index in [1.54, 1.807) is 6.07 Å². The lowest BCUT2D eigenvalue weighted by atomic mass is 10.2. The van der Waals surface area contributed by atoms with E-state index in [1.165, 1.54) is 0 Å². The number of hydrogen-bond acceptors (Lipinski definition) is 7. The van der Waals surface area contributed by atoms with Gasteiger partial charge < -0.3 is 15.2 Å². The molecule has 0 aliphatic carbocycles. The third kappa shape index (κ3) is 4.57. The van der Waals surface area contributed by atoms with Crippen LogP contribution in [0, 0.1) is 21.4 Å². The maximum Gasteiger partial charge on any atom is 0.329 e. The molecule has 19 heavy (non-hydrogen) atoms. The first-order valence-corrected chi connectivity index (χ1v) is 5.12. The highest BCUT2D eigenvalue weighted by Gasteiger charge is 2.11. The van der Waals surface area contributed by atoms with Crippen LogP contribution in [0.15, 0.2) is 12.3 Å². The molecule has 0 saturated heterocycles. The van der Waals surface area contributed by atoms with Gasteiger partial charge in [-0.2, -0.15) is 5.26 Å². The van der Waals surface area contributed by atoms with Crippen LogP contribution >= 0.6 is 0 Å². The minimum atomic E-state index is -1.08. The summed E-state index contributed by atoms with van der Waals surface area (Å²) in [5, 5.41) is 30.4. The molecule has 1 aromatic heterocycles. The standard InChI is InChI=1S/C10H10N4O5/c11-4-7-3-8(14(17)18)5-13-10(7)12-1-2-19-6-9(15)16/h3,5H,1-2,6H2,(H,12,13)(H,15,16). The predicted molar refractivity (Wildman–Crippen MR) is 62.6 cm³/mol. The maximum absolute atomic E-state index is 10.5. The molecule has 0 fully saturated rings. The molecule has 0 unspecified atom stereocenters. The lowest BCUT2D eigenvalue weighted by Crippen LogP contribution is -2.15. The Morgan fingerprint density at radius 1 is 1.68 bits per heavy atom. The van der Waals surface area contributed by atoms with E-state index < -0.39 is 17.5 Å². The van der Waals surface area contributed by atoms with Gasteiger partial charge >= 0.3 is 5.97 Å². The highest BCUT2D eigenvalue weighted by atomic mass is 16.6. The van der Waals surface area contributed by atoms with Crippen LogP contribution in [-0.4, -0.2) is 40.7 Å². The zero-order chi connectivity index (χ0) is 14.3. The van der Waals surface area contributed by atoms with Crippen molar-refractivity contribution in [3.8, 4) is 6.07 Å².